The summed E-state index contributed by atoms with van der Waals surface area (Å²) in [5, 5.41) is 4.33. The summed E-state index contributed by atoms with van der Waals surface area (Å²) in [5.41, 5.74) is 2.48. The SMILES string of the molecule is COCC1CCN(c2c(Cl)cccc2CNC(C)C)C1. The third-order valence-electron chi connectivity index (χ3n) is 3.78. The molecule has 0 saturated carbocycles. The summed E-state index contributed by atoms with van der Waals surface area (Å²) in [7, 11) is 1.77. The highest BCUT2D eigenvalue weighted by atomic mass is 35.5. The van der Waals surface area contributed by atoms with E-state index in [1.54, 1.807) is 7.11 Å². The molecule has 1 atom stereocenters. The molecule has 3 nitrogen and oxygen atoms in total. The van der Waals surface area contributed by atoms with Crippen LogP contribution in [0.1, 0.15) is 25.8 Å². The topological polar surface area (TPSA) is 24.5 Å². The van der Waals surface area contributed by atoms with Crippen molar-refractivity contribution in [3.05, 3.63) is 28.8 Å². The van der Waals surface area contributed by atoms with Gasteiger partial charge >= 0.3 is 0 Å². The predicted octanol–water partition coefficient (Wildman–Crippen LogP) is 3.31. The zero-order valence-corrected chi connectivity index (χ0v) is 13.4. The second-order valence-corrected chi connectivity index (χ2v) is 6.25. The molecule has 0 amide bonds. The van der Waals surface area contributed by atoms with Crippen molar-refractivity contribution < 1.29 is 4.74 Å². The standard InChI is InChI=1S/C16H25ClN2O/c1-12(2)18-9-14-5-4-6-15(17)16(14)19-8-7-13(10-19)11-20-3/h4-6,12-13,18H,7-11H2,1-3H3. The average Bonchev–Trinajstić information content (AvgIpc) is 2.85. The molecule has 1 N–H and O–H groups in total. The number of hydrogen-bond donors (Lipinski definition) is 1. The Hall–Kier alpha value is -0.770. The number of rotatable bonds is 6. The van der Waals surface area contributed by atoms with Crippen molar-refractivity contribution in [2.75, 3.05) is 31.7 Å². The second-order valence-electron chi connectivity index (χ2n) is 5.84. The first-order valence-corrected chi connectivity index (χ1v) is 7.74. The Labute approximate surface area is 127 Å². The van der Waals surface area contributed by atoms with Crippen molar-refractivity contribution in [3.8, 4) is 0 Å². The maximum absolute atomic E-state index is 6.45. The van der Waals surface area contributed by atoms with Gasteiger partial charge in [0.2, 0.25) is 0 Å². The Kier molecular flexibility index (Phi) is 5.70. The number of methoxy groups -OCH3 is 1. The summed E-state index contributed by atoms with van der Waals surface area (Å²) in [5.74, 6) is 0.613. The summed E-state index contributed by atoms with van der Waals surface area (Å²) in [4.78, 5) is 2.41. The van der Waals surface area contributed by atoms with Crippen molar-refractivity contribution in [3.63, 3.8) is 0 Å². The summed E-state index contributed by atoms with van der Waals surface area (Å²) in [6, 6.07) is 6.66. The van der Waals surface area contributed by atoms with E-state index in [0.717, 1.165) is 31.3 Å². The molecular formula is C16H25ClN2O. The number of nitrogens with one attached hydrogen (secondary N) is 1. The molecule has 1 saturated heterocycles. The molecule has 0 bridgehead atoms. The number of benzene rings is 1. The van der Waals surface area contributed by atoms with E-state index in [4.69, 9.17) is 16.3 Å². The van der Waals surface area contributed by atoms with Gasteiger partial charge in [-0.05, 0) is 18.1 Å². The van der Waals surface area contributed by atoms with Crippen molar-refractivity contribution in [1.29, 1.82) is 0 Å². The molecule has 112 valence electrons. The van der Waals surface area contributed by atoms with Gasteiger partial charge in [0.25, 0.3) is 0 Å². The summed E-state index contributed by atoms with van der Waals surface area (Å²) in [6.45, 7) is 8.11. The normalized spacial score (nSPS) is 19.1. The van der Waals surface area contributed by atoms with Crippen LogP contribution < -0.4 is 10.2 Å². The first-order chi connectivity index (χ1) is 9.61. The average molecular weight is 297 g/mol. The van der Waals surface area contributed by atoms with Gasteiger partial charge in [0.15, 0.2) is 0 Å². The summed E-state index contributed by atoms with van der Waals surface area (Å²) < 4.78 is 5.28. The van der Waals surface area contributed by atoms with Gasteiger partial charge in [-0.15, -0.1) is 0 Å². The molecule has 20 heavy (non-hydrogen) atoms. The van der Waals surface area contributed by atoms with E-state index in [9.17, 15) is 0 Å². The van der Waals surface area contributed by atoms with E-state index >= 15 is 0 Å². The monoisotopic (exact) mass is 296 g/mol. The van der Waals surface area contributed by atoms with Gasteiger partial charge in [-0.2, -0.15) is 0 Å². The lowest BCUT2D eigenvalue weighted by atomic mass is 10.1. The van der Waals surface area contributed by atoms with Crippen LogP contribution in [-0.4, -0.2) is 32.8 Å². The van der Waals surface area contributed by atoms with Gasteiger partial charge in [-0.25, -0.2) is 0 Å². The van der Waals surface area contributed by atoms with Gasteiger partial charge < -0.3 is 15.0 Å². The van der Waals surface area contributed by atoms with Crippen molar-refractivity contribution >= 4 is 17.3 Å². The van der Waals surface area contributed by atoms with E-state index in [2.05, 4.69) is 30.1 Å². The molecule has 1 aromatic carbocycles. The fourth-order valence-corrected chi connectivity index (χ4v) is 3.09. The smallest absolute Gasteiger partial charge is 0.0642 e. The molecule has 4 heteroatoms. The van der Waals surface area contributed by atoms with Crippen LogP contribution in [0.2, 0.25) is 5.02 Å². The maximum atomic E-state index is 6.45. The number of halogens is 1. The van der Waals surface area contributed by atoms with Gasteiger partial charge in [-0.1, -0.05) is 37.6 Å². The first-order valence-electron chi connectivity index (χ1n) is 7.36. The molecule has 1 aliphatic rings. The number of nitrogens with zero attached hydrogens (tertiary/aromatic N) is 1. The first kappa shape index (κ1) is 15.6. The number of para-hydroxylation sites is 1. The molecule has 1 fully saturated rings. The van der Waals surface area contributed by atoms with Crippen LogP contribution in [0.15, 0.2) is 18.2 Å². The third kappa shape index (κ3) is 3.87. The predicted molar refractivity (Wildman–Crippen MR) is 85.6 cm³/mol. The zero-order valence-electron chi connectivity index (χ0n) is 12.7. The Morgan fingerprint density at radius 2 is 2.25 bits per heavy atom. The van der Waals surface area contributed by atoms with Crippen molar-refractivity contribution in [2.24, 2.45) is 5.92 Å². The quantitative estimate of drug-likeness (QED) is 0.871. The largest absolute Gasteiger partial charge is 0.384 e. The minimum Gasteiger partial charge on any atom is -0.384 e. The molecule has 1 heterocycles. The molecule has 0 radical (unpaired) electrons. The maximum Gasteiger partial charge on any atom is 0.0642 e. The van der Waals surface area contributed by atoms with Crippen LogP contribution in [0.25, 0.3) is 0 Å². The highest BCUT2D eigenvalue weighted by Gasteiger charge is 2.25. The highest BCUT2D eigenvalue weighted by molar-refractivity contribution is 6.33. The van der Waals surface area contributed by atoms with Crippen LogP contribution in [0.5, 0.6) is 0 Å². The zero-order chi connectivity index (χ0) is 14.5. The third-order valence-corrected chi connectivity index (χ3v) is 4.08. The van der Waals surface area contributed by atoms with Crippen LogP contribution >= 0.6 is 11.6 Å². The number of anilines is 1. The Morgan fingerprint density at radius 3 is 2.95 bits per heavy atom. The van der Waals surface area contributed by atoms with Crippen LogP contribution in [0, 0.1) is 5.92 Å². The van der Waals surface area contributed by atoms with E-state index in [1.165, 1.54) is 17.7 Å². The van der Waals surface area contributed by atoms with Crippen LogP contribution in [-0.2, 0) is 11.3 Å². The van der Waals surface area contributed by atoms with Crippen LogP contribution in [0.4, 0.5) is 5.69 Å². The molecule has 2 rings (SSSR count). The van der Waals surface area contributed by atoms with Crippen LogP contribution in [0.3, 0.4) is 0 Å². The lowest BCUT2D eigenvalue weighted by Gasteiger charge is -2.24. The number of ether oxygens (including phenoxy) is 1. The Bertz CT molecular complexity index is 436. The van der Waals surface area contributed by atoms with Gasteiger partial charge in [0.05, 0.1) is 17.3 Å². The Morgan fingerprint density at radius 1 is 1.45 bits per heavy atom. The highest BCUT2D eigenvalue weighted by Crippen LogP contribution is 2.33. The minimum absolute atomic E-state index is 0.474. The molecule has 1 aromatic rings. The van der Waals surface area contributed by atoms with Crippen molar-refractivity contribution in [2.45, 2.75) is 32.9 Å². The second kappa shape index (κ2) is 7.30. The molecular weight excluding hydrogens is 272 g/mol. The molecule has 1 unspecified atom stereocenters. The van der Waals surface area contributed by atoms with E-state index in [-0.39, 0.29) is 0 Å². The number of hydrogen-bond acceptors (Lipinski definition) is 3. The van der Waals surface area contributed by atoms with E-state index < -0.39 is 0 Å². The van der Waals surface area contributed by atoms with Gasteiger partial charge in [0.1, 0.15) is 0 Å². The fourth-order valence-electron chi connectivity index (χ4n) is 2.78. The molecule has 0 spiro atoms. The van der Waals surface area contributed by atoms with Gasteiger partial charge in [0, 0.05) is 38.7 Å². The molecule has 0 aromatic heterocycles. The van der Waals surface area contributed by atoms with E-state index in [0.29, 0.717) is 12.0 Å². The fraction of sp³-hybridized carbons (Fsp3) is 0.625. The lowest BCUT2D eigenvalue weighted by molar-refractivity contribution is 0.161. The summed E-state index contributed by atoms with van der Waals surface area (Å²) >= 11 is 6.45. The minimum atomic E-state index is 0.474. The lowest BCUT2D eigenvalue weighted by Crippen LogP contribution is -2.26. The van der Waals surface area contributed by atoms with E-state index in [1.807, 2.05) is 12.1 Å². The van der Waals surface area contributed by atoms with Crippen molar-refractivity contribution in [1.82, 2.24) is 5.32 Å². The summed E-state index contributed by atoms with van der Waals surface area (Å²) in [6.07, 6.45) is 1.18. The Balaban J connectivity index is 2.13. The molecule has 0 aliphatic carbocycles. The van der Waals surface area contributed by atoms with Gasteiger partial charge in [-0.3, -0.25) is 0 Å². The molecule has 1 aliphatic heterocycles.